The van der Waals surface area contributed by atoms with Crippen LogP contribution in [0.4, 0.5) is 11.5 Å². The molecule has 84 valence electrons. The molecule has 3 heterocycles. The van der Waals surface area contributed by atoms with E-state index in [1.165, 1.54) is 37.3 Å². The predicted octanol–water partition coefficient (Wildman–Crippen LogP) is 2.11. The van der Waals surface area contributed by atoms with Gasteiger partial charge in [-0.15, -0.1) is 0 Å². The van der Waals surface area contributed by atoms with E-state index in [4.69, 9.17) is 0 Å². The van der Waals surface area contributed by atoms with Gasteiger partial charge in [-0.3, -0.25) is 0 Å². The smallest absolute Gasteiger partial charge is 0.152 e. The standard InChI is InChI=1S/C13H17N3/c1-3-9-8-16-12(10(9)4-1)7-15-11-5-2-6-14-13(11)16/h2,5-6,9-10,12,15H,1,3-4,7-8H2. The summed E-state index contributed by atoms with van der Waals surface area (Å²) in [6.45, 7) is 2.35. The lowest BCUT2D eigenvalue weighted by molar-refractivity contribution is 0.428. The van der Waals surface area contributed by atoms with Gasteiger partial charge in [0.15, 0.2) is 5.82 Å². The van der Waals surface area contributed by atoms with Crippen molar-refractivity contribution in [1.82, 2.24) is 4.98 Å². The Balaban J connectivity index is 1.75. The van der Waals surface area contributed by atoms with Crippen molar-refractivity contribution >= 4 is 11.5 Å². The van der Waals surface area contributed by atoms with E-state index in [9.17, 15) is 0 Å². The third kappa shape index (κ3) is 1.06. The van der Waals surface area contributed by atoms with E-state index in [-0.39, 0.29) is 0 Å². The molecule has 3 nitrogen and oxygen atoms in total. The Morgan fingerprint density at radius 3 is 3.38 bits per heavy atom. The molecule has 0 bridgehead atoms. The lowest BCUT2D eigenvalue weighted by atomic mass is 9.93. The maximum Gasteiger partial charge on any atom is 0.152 e. The highest BCUT2D eigenvalue weighted by molar-refractivity contribution is 5.69. The molecule has 3 atom stereocenters. The maximum absolute atomic E-state index is 4.55. The Morgan fingerprint density at radius 1 is 1.38 bits per heavy atom. The number of pyridine rings is 1. The van der Waals surface area contributed by atoms with Gasteiger partial charge in [-0.2, -0.15) is 0 Å². The molecule has 0 aromatic carbocycles. The fourth-order valence-corrected chi connectivity index (χ4v) is 3.90. The van der Waals surface area contributed by atoms with E-state index in [1.54, 1.807) is 0 Å². The van der Waals surface area contributed by atoms with Crippen molar-refractivity contribution in [1.29, 1.82) is 0 Å². The van der Waals surface area contributed by atoms with Crippen molar-refractivity contribution in [3.8, 4) is 0 Å². The van der Waals surface area contributed by atoms with Crippen molar-refractivity contribution < 1.29 is 0 Å². The zero-order valence-electron chi connectivity index (χ0n) is 9.39. The van der Waals surface area contributed by atoms with Crippen molar-refractivity contribution in [2.24, 2.45) is 11.8 Å². The second kappa shape index (κ2) is 3.12. The molecule has 1 saturated heterocycles. The minimum Gasteiger partial charge on any atom is -0.380 e. The molecule has 2 aliphatic heterocycles. The monoisotopic (exact) mass is 215 g/mol. The first-order chi connectivity index (χ1) is 7.93. The van der Waals surface area contributed by atoms with Crippen LogP contribution in [0.3, 0.4) is 0 Å². The van der Waals surface area contributed by atoms with Gasteiger partial charge in [0.05, 0.1) is 11.7 Å². The molecule has 16 heavy (non-hydrogen) atoms. The summed E-state index contributed by atoms with van der Waals surface area (Å²) in [7, 11) is 0. The van der Waals surface area contributed by atoms with E-state index < -0.39 is 0 Å². The Morgan fingerprint density at radius 2 is 2.38 bits per heavy atom. The van der Waals surface area contributed by atoms with Crippen LogP contribution in [0.5, 0.6) is 0 Å². The predicted molar refractivity (Wildman–Crippen MR) is 64.7 cm³/mol. The first-order valence-electron chi connectivity index (χ1n) is 6.39. The zero-order valence-corrected chi connectivity index (χ0v) is 9.39. The molecule has 2 fully saturated rings. The van der Waals surface area contributed by atoms with Crippen LogP contribution in [-0.4, -0.2) is 24.1 Å². The van der Waals surface area contributed by atoms with E-state index in [0.717, 1.165) is 18.4 Å². The largest absolute Gasteiger partial charge is 0.380 e. The number of anilines is 2. The molecule has 1 N–H and O–H groups in total. The third-order valence-electron chi connectivity index (χ3n) is 4.60. The summed E-state index contributed by atoms with van der Waals surface area (Å²) in [5.41, 5.74) is 1.22. The van der Waals surface area contributed by atoms with Crippen molar-refractivity contribution in [3.05, 3.63) is 18.3 Å². The summed E-state index contributed by atoms with van der Waals surface area (Å²) in [5, 5.41) is 3.54. The van der Waals surface area contributed by atoms with E-state index >= 15 is 0 Å². The van der Waals surface area contributed by atoms with Crippen LogP contribution in [-0.2, 0) is 0 Å². The average Bonchev–Trinajstić information content (AvgIpc) is 2.88. The summed E-state index contributed by atoms with van der Waals surface area (Å²) in [6, 6.07) is 4.87. The van der Waals surface area contributed by atoms with E-state index in [1.807, 2.05) is 12.3 Å². The van der Waals surface area contributed by atoms with E-state index in [2.05, 4.69) is 21.3 Å². The first kappa shape index (κ1) is 8.85. The number of fused-ring (bicyclic) bond motifs is 5. The van der Waals surface area contributed by atoms with Crippen LogP contribution < -0.4 is 10.2 Å². The first-order valence-corrected chi connectivity index (χ1v) is 6.39. The van der Waals surface area contributed by atoms with Crippen LogP contribution >= 0.6 is 0 Å². The molecule has 1 aromatic rings. The van der Waals surface area contributed by atoms with Crippen LogP contribution in [0.2, 0.25) is 0 Å². The molecule has 3 unspecified atom stereocenters. The van der Waals surface area contributed by atoms with Crippen molar-refractivity contribution in [2.45, 2.75) is 25.3 Å². The van der Waals surface area contributed by atoms with Gasteiger partial charge in [0.2, 0.25) is 0 Å². The summed E-state index contributed by atoms with van der Waals surface area (Å²) in [4.78, 5) is 7.11. The van der Waals surface area contributed by atoms with E-state index in [0.29, 0.717) is 6.04 Å². The Bertz CT molecular complexity index is 417. The van der Waals surface area contributed by atoms with Gasteiger partial charge in [0, 0.05) is 19.3 Å². The van der Waals surface area contributed by atoms with Crippen LogP contribution in [0.15, 0.2) is 18.3 Å². The minimum absolute atomic E-state index is 0.704. The van der Waals surface area contributed by atoms with Crippen LogP contribution in [0.25, 0.3) is 0 Å². The van der Waals surface area contributed by atoms with Gasteiger partial charge in [-0.05, 0) is 36.8 Å². The highest BCUT2D eigenvalue weighted by Gasteiger charge is 2.46. The molecular formula is C13H17N3. The SMILES string of the molecule is c1cnc2c(c1)NCC1C3CCCC3CN21. The van der Waals surface area contributed by atoms with Crippen LogP contribution in [0, 0.1) is 11.8 Å². The minimum atomic E-state index is 0.704. The second-order valence-corrected chi connectivity index (χ2v) is 5.33. The lowest BCUT2D eigenvalue weighted by Gasteiger charge is -2.35. The Labute approximate surface area is 95.9 Å². The molecule has 0 spiro atoms. The molecule has 0 amide bonds. The molecule has 3 aliphatic rings. The highest BCUT2D eigenvalue weighted by atomic mass is 15.3. The maximum atomic E-state index is 4.55. The number of nitrogens with zero attached hydrogens (tertiary/aromatic N) is 2. The number of hydrogen-bond donors (Lipinski definition) is 1. The van der Waals surface area contributed by atoms with Gasteiger partial charge < -0.3 is 10.2 Å². The van der Waals surface area contributed by atoms with Crippen LogP contribution in [0.1, 0.15) is 19.3 Å². The Kier molecular flexibility index (Phi) is 1.73. The van der Waals surface area contributed by atoms with Gasteiger partial charge in [-0.25, -0.2) is 4.98 Å². The second-order valence-electron chi connectivity index (χ2n) is 5.33. The van der Waals surface area contributed by atoms with Crippen molar-refractivity contribution in [2.75, 3.05) is 23.3 Å². The van der Waals surface area contributed by atoms with Gasteiger partial charge in [0.25, 0.3) is 0 Å². The fraction of sp³-hybridized carbons (Fsp3) is 0.615. The normalized spacial score (nSPS) is 35.2. The molecular weight excluding hydrogens is 198 g/mol. The number of aromatic nitrogens is 1. The van der Waals surface area contributed by atoms with Gasteiger partial charge in [0.1, 0.15) is 0 Å². The molecule has 1 aromatic heterocycles. The number of nitrogens with one attached hydrogen (secondary N) is 1. The summed E-state index contributed by atoms with van der Waals surface area (Å²) in [5.74, 6) is 3.04. The molecule has 4 rings (SSSR count). The fourth-order valence-electron chi connectivity index (χ4n) is 3.90. The van der Waals surface area contributed by atoms with Crippen molar-refractivity contribution in [3.63, 3.8) is 0 Å². The number of rotatable bonds is 0. The third-order valence-corrected chi connectivity index (χ3v) is 4.60. The summed E-state index contributed by atoms with van der Waals surface area (Å²) >= 11 is 0. The summed E-state index contributed by atoms with van der Waals surface area (Å²) in [6.07, 6.45) is 6.21. The lowest BCUT2D eigenvalue weighted by Crippen LogP contribution is -2.42. The number of hydrogen-bond acceptors (Lipinski definition) is 3. The summed E-state index contributed by atoms with van der Waals surface area (Å²) < 4.78 is 0. The quantitative estimate of drug-likeness (QED) is 0.718. The molecule has 1 aliphatic carbocycles. The molecule has 3 heteroatoms. The Hall–Kier alpha value is -1.25. The van der Waals surface area contributed by atoms with Gasteiger partial charge >= 0.3 is 0 Å². The zero-order chi connectivity index (χ0) is 10.5. The molecule has 0 radical (unpaired) electrons. The topological polar surface area (TPSA) is 28.2 Å². The average molecular weight is 215 g/mol. The molecule has 1 saturated carbocycles. The highest BCUT2D eigenvalue weighted by Crippen LogP contribution is 2.46. The van der Waals surface area contributed by atoms with Gasteiger partial charge in [-0.1, -0.05) is 6.42 Å².